The van der Waals surface area contributed by atoms with E-state index in [1.165, 1.54) is 6.20 Å². The van der Waals surface area contributed by atoms with Crippen LogP contribution < -0.4 is 10.7 Å². The molecule has 7 heteroatoms. The largest absolute Gasteiger partial charge is 0.349 e. The Hall–Kier alpha value is -2.70. The quantitative estimate of drug-likeness (QED) is 0.859. The number of aromatic nitrogens is 2. The smallest absolute Gasteiger partial charge is 0.256 e. The highest BCUT2D eigenvalue weighted by Crippen LogP contribution is 2.12. The van der Waals surface area contributed by atoms with Crippen molar-refractivity contribution >= 4 is 22.8 Å². The first-order valence-electron chi connectivity index (χ1n) is 8.01. The van der Waals surface area contributed by atoms with Crippen molar-refractivity contribution in [3.63, 3.8) is 0 Å². The summed E-state index contributed by atoms with van der Waals surface area (Å²) < 4.78 is 0. The second kappa shape index (κ2) is 6.43. The number of hydrogen-bond acceptors (Lipinski definition) is 4. The van der Waals surface area contributed by atoms with Crippen LogP contribution in [-0.2, 0) is 4.79 Å². The minimum Gasteiger partial charge on any atom is -0.349 e. The molecule has 0 saturated carbocycles. The van der Waals surface area contributed by atoms with Crippen LogP contribution in [0.15, 0.2) is 23.1 Å². The minimum atomic E-state index is -0.389. The molecule has 0 aliphatic carbocycles. The van der Waals surface area contributed by atoms with Crippen molar-refractivity contribution in [2.75, 3.05) is 13.1 Å². The summed E-state index contributed by atoms with van der Waals surface area (Å²) in [4.78, 5) is 45.2. The van der Waals surface area contributed by atoms with E-state index in [-0.39, 0.29) is 28.8 Å². The van der Waals surface area contributed by atoms with E-state index in [9.17, 15) is 14.4 Å². The summed E-state index contributed by atoms with van der Waals surface area (Å²) in [6, 6.07) is 3.40. The third-order valence-corrected chi connectivity index (χ3v) is 4.40. The van der Waals surface area contributed by atoms with E-state index in [1.807, 2.05) is 6.92 Å². The van der Waals surface area contributed by atoms with E-state index in [1.54, 1.807) is 24.0 Å². The average Bonchev–Trinajstić information content (AvgIpc) is 2.55. The molecular formula is C17H20N4O3. The monoisotopic (exact) mass is 328 g/mol. The predicted octanol–water partition coefficient (Wildman–Crippen LogP) is 0.972. The van der Waals surface area contributed by atoms with Crippen LogP contribution >= 0.6 is 0 Å². The fraction of sp³-hybridized carbons (Fsp3) is 0.412. The normalized spacial score (nSPS) is 15.5. The highest BCUT2D eigenvalue weighted by Gasteiger charge is 2.23. The van der Waals surface area contributed by atoms with Crippen LogP contribution in [0.5, 0.6) is 0 Å². The molecule has 2 N–H and O–H groups in total. The van der Waals surface area contributed by atoms with Crippen LogP contribution in [-0.4, -0.2) is 45.8 Å². The molecular weight excluding hydrogens is 308 g/mol. The van der Waals surface area contributed by atoms with Crippen molar-refractivity contribution in [2.24, 2.45) is 0 Å². The highest BCUT2D eigenvalue weighted by molar-refractivity contribution is 5.96. The zero-order valence-electron chi connectivity index (χ0n) is 13.8. The minimum absolute atomic E-state index is 0.0284. The summed E-state index contributed by atoms with van der Waals surface area (Å²) in [5, 5.41) is 3.30. The Kier molecular flexibility index (Phi) is 4.33. The van der Waals surface area contributed by atoms with Crippen LogP contribution in [0.3, 0.4) is 0 Å². The average molecular weight is 328 g/mol. The summed E-state index contributed by atoms with van der Waals surface area (Å²) in [7, 11) is 0. The fourth-order valence-corrected chi connectivity index (χ4v) is 2.97. The lowest BCUT2D eigenvalue weighted by Crippen LogP contribution is -2.46. The molecule has 1 aliphatic rings. The Morgan fingerprint density at radius 1 is 1.29 bits per heavy atom. The zero-order chi connectivity index (χ0) is 17.3. The van der Waals surface area contributed by atoms with Gasteiger partial charge in [0, 0.05) is 37.9 Å². The number of nitrogens with one attached hydrogen (secondary N) is 2. The summed E-state index contributed by atoms with van der Waals surface area (Å²) in [6.45, 7) is 4.63. The topological polar surface area (TPSA) is 95.2 Å². The molecule has 0 unspecified atom stereocenters. The first kappa shape index (κ1) is 16.2. The number of nitrogens with zero attached hydrogens (tertiary/aromatic N) is 2. The fourth-order valence-electron chi connectivity index (χ4n) is 2.97. The molecule has 2 amide bonds. The van der Waals surface area contributed by atoms with Crippen molar-refractivity contribution in [1.82, 2.24) is 20.2 Å². The molecule has 1 fully saturated rings. The molecule has 2 aromatic heterocycles. The van der Waals surface area contributed by atoms with Crippen LogP contribution in [0, 0.1) is 6.92 Å². The summed E-state index contributed by atoms with van der Waals surface area (Å²) in [5.74, 6) is -0.339. The number of aromatic amines is 1. The molecule has 126 valence electrons. The van der Waals surface area contributed by atoms with E-state index in [2.05, 4.69) is 15.3 Å². The lowest BCUT2D eigenvalue weighted by molar-refractivity contribution is -0.129. The highest BCUT2D eigenvalue weighted by atomic mass is 16.2. The number of rotatable bonds is 2. The Morgan fingerprint density at radius 3 is 2.67 bits per heavy atom. The zero-order valence-corrected chi connectivity index (χ0v) is 13.8. The van der Waals surface area contributed by atoms with Crippen LogP contribution in [0.25, 0.3) is 11.0 Å². The first-order valence-corrected chi connectivity index (χ1v) is 8.01. The Labute approximate surface area is 139 Å². The number of likely N-dealkylation sites (tertiary alicyclic amines) is 1. The van der Waals surface area contributed by atoms with Gasteiger partial charge in [-0.25, -0.2) is 4.98 Å². The maximum Gasteiger partial charge on any atom is 0.256 e. The van der Waals surface area contributed by atoms with Gasteiger partial charge in [-0.3, -0.25) is 14.4 Å². The second-order valence-electron chi connectivity index (χ2n) is 6.13. The molecule has 0 bridgehead atoms. The summed E-state index contributed by atoms with van der Waals surface area (Å²) in [6.07, 6.45) is 2.80. The number of piperidine rings is 1. The standard InChI is InChI=1S/C17H20N4O3/c1-10-3-4-13-15(23)14(9-18-16(13)19-10)17(24)20-12-5-7-21(8-6-12)11(2)22/h3-4,9,12H,5-8H2,1-2H3,(H,20,24)(H,18,19,23). The number of pyridine rings is 2. The molecule has 1 saturated heterocycles. The van der Waals surface area contributed by atoms with Crippen LogP contribution in [0.1, 0.15) is 35.8 Å². The third kappa shape index (κ3) is 3.15. The molecule has 24 heavy (non-hydrogen) atoms. The van der Waals surface area contributed by atoms with Gasteiger partial charge in [0.05, 0.1) is 5.39 Å². The van der Waals surface area contributed by atoms with E-state index in [0.29, 0.717) is 37.0 Å². The Morgan fingerprint density at radius 2 is 2.00 bits per heavy atom. The van der Waals surface area contributed by atoms with Crippen molar-refractivity contribution < 1.29 is 9.59 Å². The van der Waals surface area contributed by atoms with Crippen molar-refractivity contribution in [2.45, 2.75) is 32.7 Å². The Bertz CT molecular complexity index is 851. The molecule has 0 atom stereocenters. The lowest BCUT2D eigenvalue weighted by atomic mass is 10.0. The second-order valence-corrected chi connectivity index (χ2v) is 6.13. The van der Waals surface area contributed by atoms with Crippen molar-refractivity contribution in [3.05, 3.63) is 39.8 Å². The third-order valence-electron chi connectivity index (χ3n) is 4.40. The number of carbonyl (C=O) groups is 2. The van der Waals surface area contributed by atoms with Crippen molar-refractivity contribution in [1.29, 1.82) is 0 Å². The van der Waals surface area contributed by atoms with Gasteiger partial charge in [-0.2, -0.15) is 0 Å². The molecule has 1 aliphatic heterocycles. The molecule has 2 aromatic rings. The molecule has 0 radical (unpaired) electrons. The van der Waals surface area contributed by atoms with Crippen molar-refractivity contribution in [3.8, 4) is 0 Å². The molecule has 0 aromatic carbocycles. The van der Waals surface area contributed by atoms with Crippen LogP contribution in [0.4, 0.5) is 0 Å². The van der Waals surface area contributed by atoms with Gasteiger partial charge in [0.15, 0.2) is 0 Å². The first-order chi connectivity index (χ1) is 11.5. The number of amides is 2. The van der Waals surface area contributed by atoms with Gasteiger partial charge in [0.2, 0.25) is 11.3 Å². The molecule has 0 spiro atoms. The summed E-state index contributed by atoms with van der Waals surface area (Å²) >= 11 is 0. The lowest BCUT2D eigenvalue weighted by Gasteiger charge is -2.31. The van der Waals surface area contributed by atoms with Gasteiger partial charge in [-0.1, -0.05) is 0 Å². The Balaban J connectivity index is 1.75. The maximum absolute atomic E-state index is 12.5. The van der Waals surface area contributed by atoms with E-state index in [4.69, 9.17) is 0 Å². The maximum atomic E-state index is 12.5. The van der Waals surface area contributed by atoms with Gasteiger partial charge >= 0.3 is 0 Å². The number of aryl methyl sites for hydroxylation is 1. The number of carbonyl (C=O) groups excluding carboxylic acids is 2. The van der Waals surface area contributed by atoms with Gasteiger partial charge in [-0.15, -0.1) is 0 Å². The number of H-pyrrole nitrogens is 1. The molecule has 7 nitrogen and oxygen atoms in total. The van der Waals surface area contributed by atoms with Gasteiger partial charge < -0.3 is 15.2 Å². The van der Waals surface area contributed by atoms with E-state index >= 15 is 0 Å². The van der Waals surface area contributed by atoms with Gasteiger partial charge in [0.25, 0.3) is 5.91 Å². The van der Waals surface area contributed by atoms with E-state index in [0.717, 1.165) is 5.69 Å². The SMILES string of the molecule is CC(=O)N1CCC(NC(=O)c2c[nH]c3nc(C)ccc3c2=O)CC1. The van der Waals surface area contributed by atoms with Crippen LogP contribution in [0.2, 0.25) is 0 Å². The number of hydrogen-bond donors (Lipinski definition) is 2. The van der Waals surface area contributed by atoms with Gasteiger partial charge in [-0.05, 0) is 31.9 Å². The summed E-state index contributed by atoms with van der Waals surface area (Å²) in [5.41, 5.74) is 1.04. The van der Waals surface area contributed by atoms with Gasteiger partial charge in [0.1, 0.15) is 11.2 Å². The molecule has 3 rings (SSSR count). The van der Waals surface area contributed by atoms with E-state index < -0.39 is 0 Å². The molecule has 3 heterocycles. The predicted molar refractivity (Wildman–Crippen MR) is 89.8 cm³/mol. The number of fused-ring (bicyclic) bond motifs is 1.